The lowest BCUT2D eigenvalue weighted by Gasteiger charge is -2.36. The maximum atomic E-state index is 13.3. The second kappa shape index (κ2) is 14.1. The number of carbonyl (C=O) groups is 3. The van der Waals surface area contributed by atoms with E-state index >= 15 is 0 Å². The number of nitrogens with one attached hydrogen (secondary N) is 1. The molecule has 0 saturated carbocycles. The summed E-state index contributed by atoms with van der Waals surface area (Å²) in [6.45, 7) is 7.72. The van der Waals surface area contributed by atoms with Crippen LogP contribution in [0, 0.1) is 5.92 Å². The first-order valence-corrected chi connectivity index (χ1v) is 12.7. The molecular formula is C30H36N2O5. The highest BCUT2D eigenvalue weighted by atomic mass is 16.5. The number of rotatable bonds is 13. The van der Waals surface area contributed by atoms with Crippen molar-refractivity contribution in [2.75, 3.05) is 13.2 Å². The Balaban J connectivity index is 1.66. The fourth-order valence-corrected chi connectivity index (χ4v) is 4.53. The average Bonchev–Trinajstić information content (AvgIpc) is 2.93. The number of aliphatic hydroxyl groups is 1. The SMILES string of the molecule is C=CCCC(=O)O[C@@H](CNC(=O)[C@H](CC=C)CC(=O)N1Cc2ccccc2C[C@H]1CO)c1ccccc1. The Kier molecular flexibility index (Phi) is 10.6. The lowest BCUT2D eigenvalue weighted by atomic mass is 9.92. The summed E-state index contributed by atoms with van der Waals surface area (Å²) in [6, 6.07) is 16.8. The molecule has 2 amide bonds. The number of amides is 2. The third-order valence-electron chi connectivity index (χ3n) is 6.59. The number of fused-ring (bicyclic) bond motifs is 1. The van der Waals surface area contributed by atoms with Crippen molar-refractivity contribution >= 4 is 17.8 Å². The number of aliphatic hydroxyl groups excluding tert-OH is 1. The Bertz CT molecular complexity index is 1080. The van der Waals surface area contributed by atoms with E-state index in [0.717, 1.165) is 16.7 Å². The number of allylic oxidation sites excluding steroid dienone is 2. The third-order valence-corrected chi connectivity index (χ3v) is 6.59. The van der Waals surface area contributed by atoms with Gasteiger partial charge in [-0.25, -0.2) is 0 Å². The van der Waals surface area contributed by atoms with Crippen molar-refractivity contribution in [3.05, 3.63) is 96.6 Å². The fourth-order valence-electron chi connectivity index (χ4n) is 4.53. The van der Waals surface area contributed by atoms with E-state index in [1.165, 1.54) is 0 Å². The maximum absolute atomic E-state index is 13.3. The minimum atomic E-state index is -0.653. The van der Waals surface area contributed by atoms with Crippen LogP contribution in [-0.2, 0) is 32.1 Å². The van der Waals surface area contributed by atoms with Crippen LogP contribution >= 0.6 is 0 Å². The van der Waals surface area contributed by atoms with E-state index in [9.17, 15) is 19.5 Å². The standard InChI is InChI=1S/C30H36N2O5/c1-3-5-16-29(35)37-27(22-12-7-6-8-13-22)19-31-30(36)24(11-4-2)18-28(34)32-20-25-15-10-9-14-23(25)17-26(32)21-33/h3-4,6-10,12-15,24,26-27,33H,1-2,5,11,16-21H2,(H,31,36)/t24-,26+,27+/m1/s1. The van der Waals surface area contributed by atoms with Gasteiger partial charge in [0.1, 0.15) is 6.10 Å². The minimum Gasteiger partial charge on any atom is -0.456 e. The third kappa shape index (κ3) is 7.89. The second-order valence-corrected chi connectivity index (χ2v) is 9.22. The predicted molar refractivity (Wildman–Crippen MR) is 142 cm³/mol. The molecule has 2 aromatic carbocycles. The van der Waals surface area contributed by atoms with E-state index < -0.39 is 12.0 Å². The fraction of sp³-hybridized carbons (Fsp3) is 0.367. The number of hydrogen-bond donors (Lipinski definition) is 2. The highest BCUT2D eigenvalue weighted by molar-refractivity contribution is 5.86. The summed E-state index contributed by atoms with van der Waals surface area (Å²) in [6.07, 6.45) is 4.22. The summed E-state index contributed by atoms with van der Waals surface area (Å²) >= 11 is 0. The molecule has 0 aromatic heterocycles. The van der Waals surface area contributed by atoms with E-state index in [0.29, 0.717) is 25.8 Å². The number of ether oxygens (including phenoxy) is 1. The van der Waals surface area contributed by atoms with E-state index in [-0.39, 0.29) is 49.8 Å². The first-order chi connectivity index (χ1) is 18.0. The number of hydrogen-bond acceptors (Lipinski definition) is 5. The van der Waals surface area contributed by atoms with Gasteiger partial charge in [-0.05, 0) is 36.0 Å². The summed E-state index contributed by atoms with van der Waals surface area (Å²) in [7, 11) is 0. The number of nitrogens with zero attached hydrogens (tertiary/aromatic N) is 1. The molecule has 3 atom stereocenters. The first-order valence-electron chi connectivity index (χ1n) is 12.7. The molecule has 0 aliphatic carbocycles. The van der Waals surface area contributed by atoms with Crippen molar-refractivity contribution in [3.8, 4) is 0 Å². The van der Waals surface area contributed by atoms with Gasteiger partial charge < -0.3 is 20.1 Å². The first kappa shape index (κ1) is 27.9. The van der Waals surface area contributed by atoms with Crippen LogP contribution in [0.2, 0.25) is 0 Å². The Morgan fingerprint density at radius 1 is 1.05 bits per heavy atom. The van der Waals surface area contributed by atoms with E-state index in [1.54, 1.807) is 17.1 Å². The summed E-state index contributed by atoms with van der Waals surface area (Å²) in [5.41, 5.74) is 2.94. The quantitative estimate of drug-likeness (QED) is 0.319. The largest absolute Gasteiger partial charge is 0.456 e. The van der Waals surface area contributed by atoms with Gasteiger partial charge in [0.25, 0.3) is 0 Å². The second-order valence-electron chi connectivity index (χ2n) is 9.22. The number of carbonyl (C=O) groups excluding carboxylic acids is 3. The van der Waals surface area contributed by atoms with Crippen molar-refractivity contribution in [2.45, 2.75) is 50.8 Å². The van der Waals surface area contributed by atoms with Crippen LogP contribution in [0.15, 0.2) is 79.9 Å². The van der Waals surface area contributed by atoms with Crippen LogP contribution in [0.1, 0.15) is 48.5 Å². The van der Waals surface area contributed by atoms with Gasteiger partial charge in [-0.15, -0.1) is 13.2 Å². The summed E-state index contributed by atoms with van der Waals surface area (Å²) in [5, 5.41) is 12.8. The van der Waals surface area contributed by atoms with Gasteiger partial charge in [0.2, 0.25) is 11.8 Å². The molecule has 7 nitrogen and oxygen atoms in total. The molecule has 1 aliphatic heterocycles. The van der Waals surface area contributed by atoms with Crippen molar-refractivity contribution < 1.29 is 24.2 Å². The zero-order valence-corrected chi connectivity index (χ0v) is 21.2. The zero-order chi connectivity index (χ0) is 26.6. The van der Waals surface area contributed by atoms with Crippen LogP contribution in [-0.4, -0.2) is 47.0 Å². The van der Waals surface area contributed by atoms with Crippen molar-refractivity contribution in [1.29, 1.82) is 0 Å². The van der Waals surface area contributed by atoms with Gasteiger partial charge in [0.05, 0.1) is 25.1 Å². The summed E-state index contributed by atoms with van der Waals surface area (Å²) in [4.78, 5) is 40.4. The topological polar surface area (TPSA) is 95.9 Å². The average molecular weight is 505 g/mol. The van der Waals surface area contributed by atoms with Gasteiger partial charge in [0.15, 0.2) is 0 Å². The Hall–Kier alpha value is -3.71. The highest BCUT2D eigenvalue weighted by Gasteiger charge is 2.32. The van der Waals surface area contributed by atoms with E-state index in [1.807, 2.05) is 54.6 Å². The van der Waals surface area contributed by atoms with Crippen LogP contribution in [0.4, 0.5) is 0 Å². The molecule has 0 bridgehead atoms. The lowest BCUT2D eigenvalue weighted by Crippen LogP contribution is -2.47. The molecule has 0 saturated heterocycles. The summed E-state index contributed by atoms with van der Waals surface area (Å²) < 4.78 is 5.64. The molecule has 2 N–H and O–H groups in total. The molecule has 1 aliphatic rings. The monoisotopic (exact) mass is 504 g/mol. The lowest BCUT2D eigenvalue weighted by molar-refractivity contribution is -0.150. The van der Waals surface area contributed by atoms with Gasteiger partial charge in [-0.2, -0.15) is 0 Å². The van der Waals surface area contributed by atoms with Gasteiger partial charge in [0, 0.05) is 19.4 Å². The van der Waals surface area contributed by atoms with Crippen molar-refractivity contribution in [3.63, 3.8) is 0 Å². The molecule has 1 heterocycles. The molecular weight excluding hydrogens is 468 g/mol. The normalized spacial score (nSPS) is 16.1. The van der Waals surface area contributed by atoms with E-state index in [2.05, 4.69) is 18.5 Å². The molecule has 0 fully saturated rings. The highest BCUT2D eigenvalue weighted by Crippen LogP contribution is 2.25. The van der Waals surface area contributed by atoms with E-state index in [4.69, 9.17) is 4.74 Å². The van der Waals surface area contributed by atoms with Gasteiger partial charge in [-0.3, -0.25) is 14.4 Å². The molecule has 0 unspecified atom stereocenters. The molecule has 0 radical (unpaired) electrons. The zero-order valence-electron chi connectivity index (χ0n) is 21.2. The Labute approximate surface area is 218 Å². The molecule has 7 heteroatoms. The molecule has 196 valence electrons. The molecule has 0 spiro atoms. The van der Waals surface area contributed by atoms with Gasteiger partial charge in [-0.1, -0.05) is 66.7 Å². The van der Waals surface area contributed by atoms with Crippen molar-refractivity contribution in [2.24, 2.45) is 5.92 Å². The molecule has 37 heavy (non-hydrogen) atoms. The van der Waals surface area contributed by atoms with Crippen LogP contribution < -0.4 is 5.32 Å². The minimum absolute atomic E-state index is 0.00829. The number of benzene rings is 2. The van der Waals surface area contributed by atoms with Crippen LogP contribution in [0.5, 0.6) is 0 Å². The van der Waals surface area contributed by atoms with Crippen molar-refractivity contribution in [1.82, 2.24) is 10.2 Å². The summed E-state index contributed by atoms with van der Waals surface area (Å²) in [5.74, 6) is -1.50. The predicted octanol–water partition coefficient (Wildman–Crippen LogP) is 3.88. The van der Waals surface area contributed by atoms with Crippen LogP contribution in [0.25, 0.3) is 0 Å². The maximum Gasteiger partial charge on any atom is 0.306 e. The van der Waals surface area contributed by atoms with Gasteiger partial charge >= 0.3 is 5.97 Å². The smallest absolute Gasteiger partial charge is 0.306 e. The molecule has 3 rings (SSSR count). The Morgan fingerprint density at radius 3 is 2.43 bits per heavy atom. The number of esters is 1. The van der Waals surface area contributed by atoms with Crippen LogP contribution in [0.3, 0.4) is 0 Å². The Morgan fingerprint density at radius 2 is 1.76 bits per heavy atom. The molecule has 2 aromatic rings.